The summed E-state index contributed by atoms with van der Waals surface area (Å²) in [6, 6.07) is 10.5. The lowest BCUT2D eigenvalue weighted by Crippen LogP contribution is -2.28. The van der Waals surface area contributed by atoms with E-state index in [2.05, 4.69) is 19.6 Å². The number of hydrogen-bond donors (Lipinski definition) is 0. The molecule has 10 nitrogen and oxygen atoms in total. The van der Waals surface area contributed by atoms with Crippen molar-refractivity contribution in [2.45, 2.75) is 97.7 Å². The highest BCUT2D eigenvalue weighted by Crippen LogP contribution is 2.37. The molecule has 0 amide bonds. The number of carbonyl (C=O) groups excluding carboxylic acids is 4. The van der Waals surface area contributed by atoms with Crippen molar-refractivity contribution in [3.05, 3.63) is 69.8 Å². The molecule has 0 N–H and O–H groups in total. The van der Waals surface area contributed by atoms with Crippen LogP contribution in [0.4, 0.5) is 9.59 Å². The molecule has 0 saturated heterocycles. The second-order valence-electron chi connectivity index (χ2n) is 11.8. The zero-order valence-electron chi connectivity index (χ0n) is 25.2. The Labute approximate surface area is 251 Å². The zero-order chi connectivity index (χ0) is 30.9. The molecule has 2 fully saturated rings. The molecule has 0 heterocycles. The van der Waals surface area contributed by atoms with Gasteiger partial charge >= 0.3 is 24.2 Å². The van der Waals surface area contributed by atoms with E-state index in [9.17, 15) is 19.2 Å². The Balaban J connectivity index is 1.08. The first-order chi connectivity index (χ1) is 20.6. The predicted molar refractivity (Wildman–Crippen MR) is 154 cm³/mol. The minimum atomic E-state index is -1.02. The van der Waals surface area contributed by atoms with Gasteiger partial charge in [-0.3, -0.25) is 0 Å². The van der Waals surface area contributed by atoms with E-state index < -0.39 is 24.2 Å². The monoisotopic (exact) mass is 596 g/mol. The molecular formula is C33H40O10. The van der Waals surface area contributed by atoms with E-state index in [1.165, 1.54) is 0 Å². The molecular weight excluding hydrogens is 556 g/mol. The summed E-state index contributed by atoms with van der Waals surface area (Å²) in [5, 5.41) is 0. The Morgan fingerprint density at radius 2 is 0.930 bits per heavy atom. The molecule has 4 rings (SSSR count). The molecule has 2 aliphatic carbocycles. The van der Waals surface area contributed by atoms with Gasteiger partial charge in [-0.05, 0) is 121 Å². The molecule has 0 unspecified atom stereocenters. The van der Waals surface area contributed by atoms with E-state index in [0.29, 0.717) is 23.0 Å². The topological polar surface area (TPSA) is 124 Å². The molecule has 0 spiro atoms. The summed E-state index contributed by atoms with van der Waals surface area (Å²) in [7, 11) is 0. The number of carbonyl (C=O) groups is 4. The van der Waals surface area contributed by atoms with Crippen molar-refractivity contribution in [1.82, 2.24) is 0 Å². The number of ether oxygens (including phenoxy) is 2. The van der Waals surface area contributed by atoms with Gasteiger partial charge in [-0.1, -0.05) is 35.4 Å². The fourth-order valence-corrected chi connectivity index (χ4v) is 6.07. The molecule has 232 valence electrons. The van der Waals surface area contributed by atoms with Gasteiger partial charge in [-0.15, -0.1) is 0 Å². The largest absolute Gasteiger partial charge is 0.550 e. The highest BCUT2D eigenvalue weighted by molar-refractivity contribution is 5.91. The Bertz CT molecular complexity index is 1200. The number of hydrogen-bond acceptors (Lipinski definition) is 10. The van der Waals surface area contributed by atoms with Crippen LogP contribution in [0.5, 0.6) is 0 Å². The third kappa shape index (κ3) is 9.46. The van der Waals surface area contributed by atoms with Gasteiger partial charge in [-0.25, -0.2) is 29.1 Å². The van der Waals surface area contributed by atoms with Gasteiger partial charge in [-0.2, -0.15) is 9.59 Å². The third-order valence-electron chi connectivity index (χ3n) is 8.35. The second kappa shape index (κ2) is 14.9. The molecule has 0 bridgehead atoms. The van der Waals surface area contributed by atoms with Crippen LogP contribution < -0.4 is 0 Å². The van der Waals surface area contributed by atoms with Crippen molar-refractivity contribution in [2.24, 2.45) is 11.8 Å². The first-order valence-electron chi connectivity index (χ1n) is 14.9. The first-order valence-corrected chi connectivity index (χ1v) is 14.9. The van der Waals surface area contributed by atoms with Crippen molar-refractivity contribution in [3.8, 4) is 0 Å². The SMILES string of the molecule is Cc1ccc(C(=O)OOC(=O)OC2CCC(CC3CCC(OC(=O)OOC(=O)c4ccc(C)cc4C)CC3)CC2)c(C)c1. The number of aryl methyl sites for hydroxylation is 4. The van der Waals surface area contributed by atoms with Gasteiger partial charge in [0.1, 0.15) is 12.2 Å². The second-order valence-corrected chi connectivity index (χ2v) is 11.8. The van der Waals surface area contributed by atoms with Crippen LogP contribution in [0.3, 0.4) is 0 Å². The molecule has 43 heavy (non-hydrogen) atoms. The summed E-state index contributed by atoms with van der Waals surface area (Å²) in [5.74, 6) is -0.441. The minimum absolute atomic E-state index is 0.275. The Morgan fingerprint density at radius 1 is 0.558 bits per heavy atom. The number of benzene rings is 2. The average Bonchev–Trinajstić information content (AvgIpc) is 2.97. The molecule has 0 radical (unpaired) electrons. The van der Waals surface area contributed by atoms with Crippen LogP contribution in [-0.2, 0) is 29.0 Å². The standard InChI is InChI=1S/C33H40O10/c1-20-5-15-28(22(3)17-20)30(34)40-42-32(36)38-26-11-7-24(8-12-26)19-25-9-13-27(14-10-25)39-33(37)43-41-31(35)29-16-6-21(2)18-23(29)4/h5-6,15-18,24-27H,7-14,19H2,1-4H3. The Hall–Kier alpha value is -4.08. The van der Waals surface area contributed by atoms with Crippen LogP contribution in [0, 0.1) is 39.5 Å². The van der Waals surface area contributed by atoms with Crippen LogP contribution in [-0.4, -0.2) is 36.5 Å². The molecule has 10 heteroatoms. The van der Waals surface area contributed by atoms with E-state index in [4.69, 9.17) is 9.47 Å². The normalized spacial score (nSPS) is 21.7. The lowest BCUT2D eigenvalue weighted by molar-refractivity contribution is -0.208. The number of rotatable bonds is 6. The maximum atomic E-state index is 12.2. The summed E-state index contributed by atoms with van der Waals surface area (Å²) in [6.45, 7) is 7.41. The molecule has 0 atom stereocenters. The van der Waals surface area contributed by atoms with Gasteiger partial charge in [0.25, 0.3) is 0 Å². The van der Waals surface area contributed by atoms with Gasteiger partial charge in [0, 0.05) is 0 Å². The maximum Gasteiger partial charge on any atom is 0.550 e. The lowest BCUT2D eigenvalue weighted by atomic mass is 9.76. The summed E-state index contributed by atoms with van der Waals surface area (Å²) >= 11 is 0. The van der Waals surface area contributed by atoms with Gasteiger partial charge in [0.2, 0.25) is 0 Å². The molecule has 2 aliphatic rings. The Kier molecular flexibility index (Phi) is 11.0. The predicted octanol–water partition coefficient (Wildman–Crippen LogP) is 7.58. The fraction of sp³-hybridized carbons (Fsp3) is 0.515. The fourth-order valence-electron chi connectivity index (χ4n) is 6.07. The summed E-state index contributed by atoms with van der Waals surface area (Å²) in [4.78, 5) is 67.1. The summed E-state index contributed by atoms with van der Waals surface area (Å²) < 4.78 is 10.7. The van der Waals surface area contributed by atoms with Crippen LogP contribution >= 0.6 is 0 Å². The Morgan fingerprint density at radius 3 is 1.28 bits per heavy atom. The summed E-state index contributed by atoms with van der Waals surface area (Å²) in [6.07, 6.45) is 5.06. The minimum Gasteiger partial charge on any atom is -0.428 e. The van der Waals surface area contributed by atoms with Crippen molar-refractivity contribution in [2.75, 3.05) is 0 Å². The lowest BCUT2D eigenvalue weighted by Gasteiger charge is -2.33. The van der Waals surface area contributed by atoms with E-state index in [1.807, 2.05) is 26.0 Å². The van der Waals surface area contributed by atoms with Crippen LogP contribution in [0.1, 0.15) is 101 Å². The molecule has 2 saturated carbocycles. The summed E-state index contributed by atoms with van der Waals surface area (Å²) in [5.41, 5.74) is 4.15. The van der Waals surface area contributed by atoms with Crippen molar-refractivity contribution in [1.29, 1.82) is 0 Å². The molecule has 2 aromatic carbocycles. The third-order valence-corrected chi connectivity index (χ3v) is 8.35. The van der Waals surface area contributed by atoms with E-state index in [0.717, 1.165) is 80.0 Å². The van der Waals surface area contributed by atoms with Gasteiger partial charge in [0.05, 0.1) is 11.1 Å². The smallest absolute Gasteiger partial charge is 0.428 e. The maximum absolute atomic E-state index is 12.2. The average molecular weight is 597 g/mol. The van der Waals surface area contributed by atoms with Crippen molar-refractivity contribution in [3.63, 3.8) is 0 Å². The van der Waals surface area contributed by atoms with Crippen LogP contribution in [0.15, 0.2) is 36.4 Å². The van der Waals surface area contributed by atoms with E-state index in [1.54, 1.807) is 38.1 Å². The van der Waals surface area contributed by atoms with E-state index in [-0.39, 0.29) is 12.2 Å². The molecule has 0 aliphatic heterocycles. The molecule has 2 aromatic rings. The van der Waals surface area contributed by atoms with E-state index >= 15 is 0 Å². The molecule has 0 aromatic heterocycles. The highest BCUT2D eigenvalue weighted by Gasteiger charge is 2.30. The quantitative estimate of drug-likeness (QED) is 0.187. The highest BCUT2D eigenvalue weighted by atomic mass is 17.2. The van der Waals surface area contributed by atoms with Gasteiger partial charge < -0.3 is 9.47 Å². The van der Waals surface area contributed by atoms with Crippen molar-refractivity contribution >= 4 is 24.2 Å². The van der Waals surface area contributed by atoms with Crippen LogP contribution in [0.25, 0.3) is 0 Å². The van der Waals surface area contributed by atoms with Crippen molar-refractivity contribution < 1.29 is 48.2 Å². The first kappa shape index (κ1) is 31.8. The van der Waals surface area contributed by atoms with Crippen LogP contribution in [0.2, 0.25) is 0 Å². The van der Waals surface area contributed by atoms with Gasteiger partial charge in [0.15, 0.2) is 0 Å². The zero-order valence-corrected chi connectivity index (χ0v) is 25.2.